The molecule has 0 radical (unpaired) electrons. The van der Waals surface area contributed by atoms with Crippen molar-refractivity contribution >= 4 is 42.7 Å². The molecule has 0 bridgehead atoms. The Kier molecular flexibility index (Phi) is 2.81. The van der Waals surface area contributed by atoms with Crippen LogP contribution in [0.2, 0.25) is 5.02 Å². The van der Waals surface area contributed by atoms with Gasteiger partial charge in [-0.2, -0.15) is 0 Å². The van der Waals surface area contributed by atoms with Crippen molar-refractivity contribution in [3.8, 4) is 0 Å². The highest BCUT2D eigenvalue weighted by atomic mass is 35.7. The zero-order chi connectivity index (χ0) is 10.3. The molecule has 1 aromatic rings. The molecule has 0 atom stereocenters. The van der Waals surface area contributed by atoms with Crippen molar-refractivity contribution in [1.29, 1.82) is 0 Å². The third kappa shape index (κ3) is 1.81. The van der Waals surface area contributed by atoms with Gasteiger partial charge < -0.3 is 0 Å². The summed E-state index contributed by atoms with van der Waals surface area (Å²) in [5.74, 6) is 0. The number of hydrogen-bond acceptors (Lipinski definition) is 3. The molecular formula is C8H8Cl2O2S2. The summed E-state index contributed by atoms with van der Waals surface area (Å²) < 4.78 is 22.4. The fraction of sp³-hybridized carbons (Fsp3) is 0.500. The normalized spacial score (nSPS) is 16.7. The van der Waals surface area contributed by atoms with Crippen LogP contribution < -0.4 is 0 Å². The van der Waals surface area contributed by atoms with Crippen LogP contribution in [-0.4, -0.2) is 8.42 Å². The number of hydrogen-bond donors (Lipinski definition) is 0. The molecule has 0 spiro atoms. The highest BCUT2D eigenvalue weighted by Crippen LogP contribution is 2.41. The van der Waals surface area contributed by atoms with Crippen molar-refractivity contribution in [3.63, 3.8) is 0 Å². The van der Waals surface area contributed by atoms with Gasteiger partial charge >= 0.3 is 0 Å². The van der Waals surface area contributed by atoms with E-state index in [0.717, 1.165) is 36.1 Å². The van der Waals surface area contributed by atoms with Crippen LogP contribution in [0.25, 0.3) is 0 Å². The Hall–Kier alpha value is 0.230. The van der Waals surface area contributed by atoms with Gasteiger partial charge in [-0.25, -0.2) is 8.42 Å². The minimum absolute atomic E-state index is 0.118. The highest BCUT2D eigenvalue weighted by molar-refractivity contribution is 8.15. The Morgan fingerprint density at radius 2 is 1.86 bits per heavy atom. The Morgan fingerprint density at radius 3 is 2.43 bits per heavy atom. The molecule has 0 unspecified atom stereocenters. The summed E-state index contributed by atoms with van der Waals surface area (Å²) in [6.45, 7) is 0. The third-order valence-corrected chi connectivity index (χ3v) is 6.32. The first-order valence-corrected chi connectivity index (χ1v) is 7.75. The van der Waals surface area contributed by atoms with Crippen LogP contribution in [0.5, 0.6) is 0 Å². The number of rotatable bonds is 1. The van der Waals surface area contributed by atoms with Crippen molar-refractivity contribution < 1.29 is 8.42 Å². The second-order valence-corrected chi connectivity index (χ2v) is 7.49. The summed E-state index contributed by atoms with van der Waals surface area (Å²) >= 11 is 7.19. The van der Waals surface area contributed by atoms with E-state index < -0.39 is 9.05 Å². The van der Waals surface area contributed by atoms with E-state index in [9.17, 15) is 8.42 Å². The van der Waals surface area contributed by atoms with Gasteiger partial charge in [-0.05, 0) is 31.2 Å². The summed E-state index contributed by atoms with van der Waals surface area (Å²) in [7, 11) is 1.61. The summed E-state index contributed by atoms with van der Waals surface area (Å²) in [5, 5.41) is 0.347. The van der Waals surface area contributed by atoms with Gasteiger partial charge in [0.1, 0.15) is 0 Å². The smallest absolute Gasteiger partial charge is 0.206 e. The maximum Gasteiger partial charge on any atom is 0.272 e. The lowest BCUT2D eigenvalue weighted by Crippen LogP contribution is -1.97. The van der Waals surface area contributed by atoms with Crippen LogP contribution in [0.1, 0.15) is 23.3 Å². The quantitative estimate of drug-likeness (QED) is 0.735. The van der Waals surface area contributed by atoms with E-state index in [-0.39, 0.29) is 4.21 Å². The van der Waals surface area contributed by atoms with Crippen LogP contribution in [0.15, 0.2) is 4.21 Å². The Balaban J connectivity index is 2.60. The fourth-order valence-corrected chi connectivity index (χ4v) is 5.03. The molecule has 6 heteroatoms. The zero-order valence-corrected chi connectivity index (χ0v) is 10.4. The van der Waals surface area contributed by atoms with E-state index in [1.54, 1.807) is 0 Å². The monoisotopic (exact) mass is 270 g/mol. The molecule has 0 aliphatic heterocycles. The van der Waals surface area contributed by atoms with E-state index in [1.165, 1.54) is 11.3 Å². The molecule has 2 nitrogen and oxygen atoms in total. The molecule has 0 saturated heterocycles. The van der Waals surface area contributed by atoms with Gasteiger partial charge in [-0.1, -0.05) is 11.6 Å². The Morgan fingerprint density at radius 1 is 1.21 bits per heavy atom. The molecule has 0 amide bonds. The molecule has 0 saturated carbocycles. The second kappa shape index (κ2) is 3.67. The van der Waals surface area contributed by atoms with Crippen LogP contribution >= 0.6 is 33.6 Å². The third-order valence-electron chi connectivity index (χ3n) is 2.30. The minimum Gasteiger partial charge on any atom is -0.206 e. The summed E-state index contributed by atoms with van der Waals surface area (Å²) in [4.78, 5) is 1.08. The standard InChI is InChI=1S/C8H8Cl2O2S2/c9-7-5-3-1-2-4-6(5)13-8(7)14(10,11)12/h1-4H2. The van der Waals surface area contributed by atoms with Crippen LogP contribution in [0.4, 0.5) is 0 Å². The number of halogens is 2. The zero-order valence-electron chi connectivity index (χ0n) is 7.22. The molecule has 1 aliphatic carbocycles. The molecule has 1 aliphatic rings. The summed E-state index contributed by atoms with van der Waals surface area (Å²) in [6, 6.07) is 0. The van der Waals surface area contributed by atoms with E-state index in [2.05, 4.69) is 0 Å². The lowest BCUT2D eigenvalue weighted by Gasteiger charge is -2.09. The van der Waals surface area contributed by atoms with Crippen molar-refractivity contribution in [3.05, 3.63) is 15.5 Å². The van der Waals surface area contributed by atoms with Crippen LogP contribution in [0, 0.1) is 0 Å². The predicted octanol–water partition coefficient (Wildman–Crippen LogP) is 3.21. The van der Waals surface area contributed by atoms with Crippen molar-refractivity contribution in [1.82, 2.24) is 0 Å². The molecule has 14 heavy (non-hydrogen) atoms. The van der Waals surface area contributed by atoms with Gasteiger partial charge in [-0.15, -0.1) is 11.3 Å². The maximum atomic E-state index is 11.2. The summed E-state index contributed by atoms with van der Waals surface area (Å²) in [5.41, 5.74) is 0.988. The van der Waals surface area contributed by atoms with Gasteiger partial charge in [-0.3, -0.25) is 0 Å². The fourth-order valence-electron chi connectivity index (χ4n) is 1.66. The lowest BCUT2D eigenvalue weighted by atomic mass is 10.00. The molecule has 0 N–H and O–H groups in total. The topological polar surface area (TPSA) is 34.1 Å². The van der Waals surface area contributed by atoms with Crippen LogP contribution in [0.3, 0.4) is 0 Å². The lowest BCUT2D eigenvalue weighted by molar-refractivity contribution is 0.611. The molecule has 1 heterocycles. The van der Waals surface area contributed by atoms with Gasteiger partial charge in [0, 0.05) is 15.6 Å². The van der Waals surface area contributed by atoms with Gasteiger partial charge in [0.25, 0.3) is 9.05 Å². The van der Waals surface area contributed by atoms with Crippen molar-refractivity contribution in [2.45, 2.75) is 29.9 Å². The van der Waals surface area contributed by atoms with E-state index in [1.807, 2.05) is 0 Å². The van der Waals surface area contributed by atoms with Gasteiger partial charge in [0.2, 0.25) is 0 Å². The first-order chi connectivity index (χ1) is 6.50. The predicted molar refractivity (Wildman–Crippen MR) is 59.0 cm³/mol. The molecule has 78 valence electrons. The largest absolute Gasteiger partial charge is 0.272 e. The van der Waals surface area contributed by atoms with Gasteiger partial charge in [0.15, 0.2) is 4.21 Å². The Bertz CT molecular complexity index is 462. The molecule has 1 aromatic heterocycles. The first kappa shape index (κ1) is 10.7. The maximum absolute atomic E-state index is 11.2. The van der Waals surface area contributed by atoms with Crippen molar-refractivity contribution in [2.75, 3.05) is 0 Å². The molecule has 0 aromatic carbocycles. The Labute approximate surface area is 96.3 Å². The van der Waals surface area contributed by atoms with E-state index in [4.69, 9.17) is 22.3 Å². The highest BCUT2D eigenvalue weighted by Gasteiger charge is 2.25. The first-order valence-electron chi connectivity index (χ1n) is 4.25. The summed E-state index contributed by atoms with van der Waals surface area (Å²) in [6.07, 6.45) is 3.97. The van der Waals surface area contributed by atoms with Crippen molar-refractivity contribution in [2.24, 2.45) is 0 Å². The number of thiophene rings is 1. The van der Waals surface area contributed by atoms with Gasteiger partial charge in [0.05, 0.1) is 5.02 Å². The second-order valence-electron chi connectivity index (χ2n) is 3.25. The van der Waals surface area contributed by atoms with Crippen LogP contribution in [-0.2, 0) is 21.9 Å². The van der Waals surface area contributed by atoms with E-state index >= 15 is 0 Å². The molecular weight excluding hydrogens is 263 g/mol. The minimum atomic E-state index is -3.67. The van der Waals surface area contributed by atoms with E-state index in [0.29, 0.717) is 5.02 Å². The molecule has 0 fully saturated rings. The number of fused-ring (bicyclic) bond motifs is 1. The SMILES string of the molecule is O=S(=O)(Cl)c1sc2c(c1Cl)CCCC2. The number of aryl methyl sites for hydroxylation is 1. The molecule has 2 rings (SSSR count). The average molecular weight is 271 g/mol. The average Bonchev–Trinajstić information content (AvgIpc) is 2.44.